The molecule has 9 nitrogen and oxygen atoms in total. The van der Waals surface area contributed by atoms with Gasteiger partial charge in [-0.3, -0.25) is 9.59 Å². The highest BCUT2D eigenvalue weighted by atomic mass is 79.9. The molecule has 33 heavy (non-hydrogen) atoms. The van der Waals surface area contributed by atoms with Gasteiger partial charge in [0.25, 0.3) is 5.91 Å². The third-order valence-corrected chi connectivity index (χ3v) is 7.27. The first-order valence-electron chi connectivity index (χ1n) is 9.95. The van der Waals surface area contributed by atoms with Crippen molar-refractivity contribution in [2.24, 2.45) is 0 Å². The molecule has 174 valence electrons. The molecule has 0 bridgehead atoms. The quantitative estimate of drug-likeness (QED) is 0.355. The van der Waals surface area contributed by atoms with Crippen LogP contribution in [0.3, 0.4) is 0 Å². The van der Waals surface area contributed by atoms with E-state index in [2.05, 4.69) is 41.5 Å². The van der Waals surface area contributed by atoms with E-state index in [0.29, 0.717) is 28.7 Å². The molecule has 0 radical (unpaired) electrons. The van der Waals surface area contributed by atoms with Gasteiger partial charge in [0.05, 0.1) is 4.90 Å². The Morgan fingerprint density at radius 1 is 1.06 bits per heavy atom. The van der Waals surface area contributed by atoms with Crippen LogP contribution in [0.5, 0.6) is 0 Å². The summed E-state index contributed by atoms with van der Waals surface area (Å²) in [5.74, 6) is -0.574. The molecule has 0 spiro atoms. The van der Waals surface area contributed by atoms with E-state index >= 15 is 0 Å². The fraction of sp³-hybridized carbons (Fsp3) is 0.238. The summed E-state index contributed by atoms with van der Waals surface area (Å²) in [6.07, 6.45) is 0.409. The van der Waals surface area contributed by atoms with Crippen LogP contribution in [-0.2, 0) is 21.2 Å². The van der Waals surface area contributed by atoms with Gasteiger partial charge < -0.3 is 10.6 Å². The van der Waals surface area contributed by atoms with Crippen LogP contribution < -0.4 is 15.4 Å². The highest BCUT2D eigenvalue weighted by molar-refractivity contribution is 9.10. The van der Waals surface area contributed by atoms with Crippen molar-refractivity contribution in [1.29, 1.82) is 0 Å². The molecule has 1 heterocycles. The van der Waals surface area contributed by atoms with Crippen molar-refractivity contribution in [3.63, 3.8) is 0 Å². The highest BCUT2D eigenvalue weighted by Gasteiger charge is 2.15. The van der Waals surface area contributed by atoms with Crippen LogP contribution in [0.2, 0.25) is 0 Å². The smallest absolute Gasteiger partial charge is 0.251 e. The number of aromatic nitrogens is 2. The fourth-order valence-electron chi connectivity index (χ4n) is 2.70. The lowest BCUT2D eigenvalue weighted by Crippen LogP contribution is -2.27. The summed E-state index contributed by atoms with van der Waals surface area (Å²) < 4.78 is 27.7. The number of hydrogen-bond donors (Lipinski definition) is 3. The maximum absolute atomic E-state index is 12.2. The minimum Gasteiger partial charge on any atom is -0.352 e. The van der Waals surface area contributed by atoms with Crippen LogP contribution in [0.4, 0.5) is 5.13 Å². The zero-order valence-electron chi connectivity index (χ0n) is 17.7. The minimum atomic E-state index is -3.67. The Hall–Kier alpha value is -2.67. The van der Waals surface area contributed by atoms with Gasteiger partial charge >= 0.3 is 0 Å². The number of sulfonamides is 1. The molecule has 0 saturated carbocycles. The molecule has 0 aliphatic heterocycles. The predicted octanol–water partition coefficient (Wildman–Crippen LogP) is 2.89. The molecule has 0 saturated heterocycles. The maximum Gasteiger partial charge on any atom is 0.251 e. The lowest BCUT2D eigenvalue weighted by molar-refractivity contribution is -0.116. The van der Waals surface area contributed by atoms with Crippen molar-refractivity contribution < 1.29 is 18.0 Å². The molecule has 0 atom stereocenters. The summed E-state index contributed by atoms with van der Waals surface area (Å²) in [5.41, 5.74) is 1.50. The van der Waals surface area contributed by atoms with E-state index in [9.17, 15) is 18.0 Å². The van der Waals surface area contributed by atoms with Gasteiger partial charge in [-0.1, -0.05) is 51.0 Å². The third kappa shape index (κ3) is 7.70. The number of carbonyl (C=O) groups is 2. The molecule has 3 rings (SSSR count). The van der Waals surface area contributed by atoms with Crippen molar-refractivity contribution in [2.45, 2.75) is 24.7 Å². The Bertz CT molecular complexity index is 1230. The molecule has 0 aliphatic rings. The lowest BCUT2D eigenvalue weighted by Gasteiger charge is -2.06. The Morgan fingerprint density at radius 2 is 1.82 bits per heavy atom. The van der Waals surface area contributed by atoms with Crippen molar-refractivity contribution in [3.8, 4) is 0 Å². The van der Waals surface area contributed by atoms with Crippen molar-refractivity contribution in [3.05, 3.63) is 69.1 Å². The standard InChI is InChI=1S/C21H22BrN5O4S2/c1-14-5-7-17(8-6-14)33(30,31)24-12-9-18(28)25-21-27-26-19(32-21)10-11-23-20(29)15-3-2-4-16(22)13-15/h2-8,13,24H,9-12H2,1H3,(H,23,29)(H,25,27,28). The van der Waals surface area contributed by atoms with Crippen LogP contribution >= 0.6 is 27.3 Å². The van der Waals surface area contributed by atoms with E-state index in [-0.39, 0.29) is 29.7 Å². The van der Waals surface area contributed by atoms with Gasteiger partial charge in [-0.25, -0.2) is 13.1 Å². The third-order valence-electron chi connectivity index (χ3n) is 4.40. The second-order valence-corrected chi connectivity index (χ2v) is 10.8. The minimum absolute atomic E-state index is 0.0463. The molecular formula is C21H22BrN5O4S2. The fourth-order valence-corrected chi connectivity index (χ4v) is 4.89. The van der Waals surface area contributed by atoms with Gasteiger partial charge in [0, 0.05) is 36.0 Å². The highest BCUT2D eigenvalue weighted by Crippen LogP contribution is 2.16. The molecule has 0 fully saturated rings. The molecule has 2 aromatic carbocycles. The zero-order chi connectivity index (χ0) is 23.8. The topological polar surface area (TPSA) is 130 Å². The molecule has 3 aromatic rings. The number of benzene rings is 2. The second kappa shape index (κ2) is 11.5. The summed E-state index contributed by atoms with van der Waals surface area (Å²) in [6, 6.07) is 13.5. The average molecular weight is 552 g/mol. The molecule has 1 aromatic heterocycles. The van der Waals surface area contributed by atoms with Gasteiger partial charge in [0.15, 0.2) is 0 Å². The summed E-state index contributed by atoms with van der Waals surface area (Å²) in [4.78, 5) is 24.4. The number of halogens is 1. The van der Waals surface area contributed by atoms with Crippen molar-refractivity contribution in [2.75, 3.05) is 18.4 Å². The summed E-state index contributed by atoms with van der Waals surface area (Å²) in [7, 11) is -3.67. The number of aryl methyl sites for hydroxylation is 1. The summed E-state index contributed by atoms with van der Waals surface area (Å²) in [6.45, 7) is 2.19. The lowest BCUT2D eigenvalue weighted by atomic mass is 10.2. The van der Waals surface area contributed by atoms with E-state index < -0.39 is 10.0 Å². The molecule has 0 aliphatic carbocycles. The zero-order valence-corrected chi connectivity index (χ0v) is 20.9. The summed E-state index contributed by atoms with van der Waals surface area (Å²) >= 11 is 4.53. The Kier molecular flexibility index (Phi) is 8.67. The molecule has 2 amide bonds. The predicted molar refractivity (Wildman–Crippen MR) is 130 cm³/mol. The van der Waals surface area contributed by atoms with Gasteiger partial charge in [-0.2, -0.15) is 0 Å². The monoisotopic (exact) mass is 551 g/mol. The Balaban J connectivity index is 1.40. The second-order valence-electron chi connectivity index (χ2n) is 7.03. The number of rotatable bonds is 10. The Morgan fingerprint density at radius 3 is 2.55 bits per heavy atom. The number of hydrogen-bond acceptors (Lipinski definition) is 7. The van der Waals surface area contributed by atoms with Gasteiger partial charge in [0.1, 0.15) is 5.01 Å². The van der Waals surface area contributed by atoms with E-state index in [1.165, 1.54) is 23.5 Å². The number of nitrogens with zero attached hydrogens (tertiary/aromatic N) is 2. The van der Waals surface area contributed by atoms with Crippen LogP contribution in [0.1, 0.15) is 27.3 Å². The molecule has 0 unspecified atom stereocenters. The average Bonchev–Trinajstić information content (AvgIpc) is 3.20. The van der Waals surface area contributed by atoms with E-state index in [0.717, 1.165) is 10.0 Å². The number of amides is 2. The number of nitrogens with one attached hydrogen (secondary N) is 3. The SMILES string of the molecule is Cc1ccc(S(=O)(=O)NCCC(=O)Nc2nnc(CCNC(=O)c3cccc(Br)c3)s2)cc1. The molecule has 12 heteroatoms. The van der Waals surface area contributed by atoms with Crippen LogP contribution in [-0.4, -0.2) is 43.5 Å². The normalized spacial score (nSPS) is 11.2. The van der Waals surface area contributed by atoms with Gasteiger partial charge in [-0.15, -0.1) is 10.2 Å². The van der Waals surface area contributed by atoms with Gasteiger partial charge in [-0.05, 0) is 37.3 Å². The van der Waals surface area contributed by atoms with Gasteiger partial charge in [0.2, 0.25) is 21.1 Å². The van der Waals surface area contributed by atoms with E-state index in [1.807, 2.05) is 13.0 Å². The number of carbonyl (C=O) groups excluding carboxylic acids is 2. The van der Waals surface area contributed by atoms with Crippen molar-refractivity contribution >= 4 is 54.2 Å². The first-order valence-corrected chi connectivity index (χ1v) is 13.0. The van der Waals surface area contributed by atoms with E-state index in [4.69, 9.17) is 0 Å². The maximum atomic E-state index is 12.2. The van der Waals surface area contributed by atoms with Crippen molar-refractivity contribution in [1.82, 2.24) is 20.2 Å². The van der Waals surface area contributed by atoms with E-state index in [1.54, 1.807) is 30.3 Å². The van der Waals surface area contributed by atoms with Crippen LogP contribution in [0.25, 0.3) is 0 Å². The molecular weight excluding hydrogens is 530 g/mol. The number of anilines is 1. The molecule has 3 N–H and O–H groups in total. The summed E-state index contributed by atoms with van der Waals surface area (Å²) in [5, 5.41) is 14.3. The first kappa shape index (κ1) is 25.0. The first-order chi connectivity index (χ1) is 15.7. The largest absolute Gasteiger partial charge is 0.352 e. The van der Waals surface area contributed by atoms with Crippen LogP contribution in [0.15, 0.2) is 57.9 Å². The van der Waals surface area contributed by atoms with Crippen LogP contribution in [0, 0.1) is 6.92 Å². The Labute approximate surface area is 204 Å².